The summed E-state index contributed by atoms with van der Waals surface area (Å²) in [5.74, 6) is 0.488. The van der Waals surface area contributed by atoms with E-state index in [0.717, 1.165) is 12.1 Å². The van der Waals surface area contributed by atoms with Gasteiger partial charge in [0.25, 0.3) is 6.43 Å². The molecule has 0 amide bonds. The molecule has 0 spiro atoms. The van der Waals surface area contributed by atoms with Crippen molar-refractivity contribution in [2.24, 2.45) is 0 Å². The molecule has 2 nitrogen and oxygen atoms in total. The molecule has 0 bridgehead atoms. The smallest absolute Gasteiger partial charge is 0.272 e. The van der Waals surface area contributed by atoms with Crippen molar-refractivity contribution in [1.29, 1.82) is 0 Å². The number of benzene rings is 1. The first-order valence-electron chi connectivity index (χ1n) is 5.37. The van der Waals surface area contributed by atoms with Crippen molar-refractivity contribution in [3.05, 3.63) is 29.8 Å². The molecule has 0 fully saturated rings. The molecule has 0 saturated carbocycles. The van der Waals surface area contributed by atoms with Gasteiger partial charge in [-0.05, 0) is 31.2 Å². The van der Waals surface area contributed by atoms with E-state index in [4.69, 9.17) is 4.74 Å². The minimum atomic E-state index is -2.44. The van der Waals surface area contributed by atoms with Gasteiger partial charge < -0.3 is 10.1 Å². The molecular formula is C12H17F2NO. The topological polar surface area (TPSA) is 21.3 Å². The number of rotatable bonds is 6. The van der Waals surface area contributed by atoms with Gasteiger partial charge in [-0.15, -0.1) is 0 Å². The summed E-state index contributed by atoms with van der Waals surface area (Å²) in [5.41, 5.74) is 1.04. The Morgan fingerprint density at radius 3 is 2.75 bits per heavy atom. The summed E-state index contributed by atoms with van der Waals surface area (Å²) >= 11 is 0. The van der Waals surface area contributed by atoms with Gasteiger partial charge in [0.2, 0.25) is 0 Å². The van der Waals surface area contributed by atoms with Gasteiger partial charge >= 0.3 is 0 Å². The van der Waals surface area contributed by atoms with E-state index in [1.807, 2.05) is 26.0 Å². The van der Waals surface area contributed by atoms with Crippen molar-refractivity contribution in [2.75, 3.05) is 13.2 Å². The third kappa shape index (κ3) is 4.14. The molecule has 16 heavy (non-hydrogen) atoms. The Balaban J connectivity index is 2.63. The lowest BCUT2D eigenvalue weighted by molar-refractivity contribution is 0.0818. The lowest BCUT2D eigenvalue weighted by atomic mass is 10.1. The van der Waals surface area contributed by atoms with E-state index in [1.54, 1.807) is 12.1 Å². The van der Waals surface area contributed by atoms with Crippen molar-refractivity contribution >= 4 is 0 Å². The zero-order valence-corrected chi connectivity index (χ0v) is 9.54. The van der Waals surface area contributed by atoms with Crippen molar-refractivity contribution in [3.8, 4) is 5.75 Å². The second-order valence-corrected chi connectivity index (χ2v) is 3.55. The van der Waals surface area contributed by atoms with E-state index < -0.39 is 13.0 Å². The van der Waals surface area contributed by atoms with E-state index in [0.29, 0.717) is 5.75 Å². The highest BCUT2D eigenvalue weighted by atomic mass is 19.3. The fourth-order valence-corrected chi connectivity index (χ4v) is 1.46. The molecule has 0 radical (unpaired) electrons. The predicted octanol–water partition coefficient (Wildman–Crippen LogP) is 3.00. The highest BCUT2D eigenvalue weighted by Crippen LogP contribution is 2.19. The van der Waals surface area contributed by atoms with E-state index in [1.165, 1.54) is 0 Å². The summed E-state index contributed by atoms with van der Waals surface area (Å²) in [4.78, 5) is 0. The summed E-state index contributed by atoms with van der Waals surface area (Å²) in [7, 11) is 0. The second kappa shape index (κ2) is 6.43. The lowest BCUT2D eigenvalue weighted by Crippen LogP contribution is -2.17. The highest BCUT2D eigenvalue weighted by molar-refractivity contribution is 5.30. The number of alkyl halides is 2. The Morgan fingerprint density at radius 1 is 1.38 bits per heavy atom. The number of ether oxygens (including phenoxy) is 1. The van der Waals surface area contributed by atoms with Crippen LogP contribution in [-0.4, -0.2) is 19.6 Å². The number of hydrogen-bond acceptors (Lipinski definition) is 2. The fraction of sp³-hybridized carbons (Fsp3) is 0.500. The van der Waals surface area contributed by atoms with Gasteiger partial charge in [-0.1, -0.05) is 19.1 Å². The molecule has 4 heteroatoms. The molecule has 0 aromatic heterocycles. The molecule has 1 atom stereocenters. The van der Waals surface area contributed by atoms with E-state index >= 15 is 0 Å². The van der Waals surface area contributed by atoms with Gasteiger partial charge in [0.15, 0.2) is 0 Å². The maximum Gasteiger partial charge on any atom is 0.272 e. The van der Waals surface area contributed by atoms with Gasteiger partial charge in [-0.3, -0.25) is 0 Å². The van der Waals surface area contributed by atoms with Crippen LogP contribution >= 0.6 is 0 Å². The molecule has 1 aromatic carbocycles. The van der Waals surface area contributed by atoms with Crippen LogP contribution < -0.4 is 10.1 Å². The number of hydrogen-bond donors (Lipinski definition) is 1. The quantitative estimate of drug-likeness (QED) is 0.809. The minimum absolute atomic E-state index is 0.195. The van der Waals surface area contributed by atoms with Crippen LogP contribution in [0.3, 0.4) is 0 Å². The second-order valence-electron chi connectivity index (χ2n) is 3.55. The van der Waals surface area contributed by atoms with Crippen molar-refractivity contribution in [3.63, 3.8) is 0 Å². The van der Waals surface area contributed by atoms with E-state index in [-0.39, 0.29) is 6.04 Å². The zero-order valence-electron chi connectivity index (χ0n) is 9.54. The van der Waals surface area contributed by atoms with Gasteiger partial charge in [0, 0.05) is 6.04 Å². The zero-order chi connectivity index (χ0) is 12.0. The van der Waals surface area contributed by atoms with Crippen LogP contribution in [0.15, 0.2) is 24.3 Å². The Bertz CT molecular complexity index is 318. The van der Waals surface area contributed by atoms with Crippen molar-refractivity contribution in [1.82, 2.24) is 5.32 Å². The Morgan fingerprint density at radius 2 is 2.12 bits per heavy atom. The Hall–Kier alpha value is -1.16. The average molecular weight is 229 g/mol. The van der Waals surface area contributed by atoms with Crippen LogP contribution in [-0.2, 0) is 0 Å². The first-order chi connectivity index (χ1) is 7.63. The van der Waals surface area contributed by atoms with Crippen LogP contribution in [0, 0.1) is 0 Å². The molecule has 1 aromatic rings. The average Bonchev–Trinajstić information content (AvgIpc) is 2.27. The molecule has 1 rings (SSSR count). The largest absolute Gasteiger partial charge is 0.488 e. The fourth-order valence-electron chi connectivity index (χ4n) is 1.46. The summed E-state index contributed by atoms with van der Waals surface area (Å²) in [5, 5.41) is 3.25. The van der Waals surface area contributed by atoms with Gasteiger partial charge in [-0.2, -0.15) is 0 Å². The molecule has 1 unspecified atom stereocenters. The summed E-state index contributed by atoms with van der Waals surface area (Å²) in [6.45, 7) is 4.35. The third-order valence-electron chi connectivity index (χ3n) is 2.24. The Labute approximate surface area is 94.6 Å². The number of nitrogens with one attached hydrogen (secondary N) is 1. The predicted molar refractivity (Wildman–Crippen MR) is 60.0 cm³/mol. The van der Waals surface area contributed by atoms with Crippen LogP contribution in [0.4, 0.5) is 8.78 Å². The summed E-state index contributed by atoms with van der Waals surface area (Å²) in [6.07, 6.45) is -2.44. The molecule has 1 N–H and O–H groups in total. The van der Waals surface area contributed by atoms with Gasteiger partial charge in [0.05, 0.1) is 0 Å². The first-order valence-corrected chi connectivity index (χ1v) is 5.37. The monoisotopic (exact) mass is 229 g/mol. The van der Waals surface area contributed by atoms with Crippen molar-refractivity contribution in [2.45, 2.75) is 26.3 Å². The molecule has 0 aliphatic heterocycles. The third-order valence-corrected chi connectivity index (χ3v) is 2.24. The number of halogens is 2. The summed E-state index contributed by atoms with van der Waals surface area (Å²) < 4.78 is 28.9. The van der Waals surface area contributed by atoms with Crippen LogP contribution in [0.5, 0.6) is 5.75 Å². The van der Waals surface area contributed by atoms with Crippen molar-refractivity contribution < 1.29 is 13.5 Å². The standard InChI is InChI=1S/C12H17F2NO/c1-3-15-9(2)10-5-4-6-11(7-10)16-8-12(13)14/h4-7,9,12,15H,3,8H2,1-2H3. The normalized spacial score (nSPS) is 12.8. The SMILES string of the molecule is CCNC(C)c1cccc(OCC(F)F)c1. The lowest BCUT2D eigenvalue weighted by Gasteiger charge is -2.14. The Kier molecular flexibility index (Phi) is 5.19. The first kappa shape index (κ1) is 12.9. The molecule has 0 aliphatic carbocycles. The molecular weight excluding hydrogens is 212 g/mol. The molecule has 90 valence electrons. The minimum Gasteiger partial charge on any atom is -0.488 e. The molecule has 0 aliphatic rings. The van der Waals surface area contributed by atoms with Crippen LogP contribution in [0.2, 0.25) is 0 Å². The summed E-state index contributed by atoms with van der Waals surface area (Å²) in [6, 6.07) is 7.42. The maximum atomic E-state index is 12.0. The van der Waals surface area contributed by atoms with E-state index in [2.05, 4.69) is 5.32 Å². The maximum absolute atomic E-state index is 12.0. The molecule has 0 heterocycles. The van der Waals surface area contributed by atoms with E-state index in [9.17, 15) is 8.78 Å². The van der Waals surface area contributed by atoms with Gasteiger partial charge in [-0.25, -0.2) is 8.78 Å². The van der Waals surface area contributed by atoms with Crippen LogP contribution in [0.1, 0.15) is 25.5 Å². The van der Waals surface area contributed by atoms with Crippen LogP contribution in [0.25, 0.3) is 0 Å². The van der Waals surface area contributed by atoms with Gasteiger partial charge in [0.1, 0.15) is 12.4 Å². The molecule has 0 saturated heterocycles. The highest BCUT2D eigenvalue weighted by Gasteiger charge is 2.06.